The summed E-state index contributed by atoms with van der Waals surface area (Å²) in [5.41, 5.74) is 8.62. The number of nitrogens with zero attached hydrogens (tertiary/aromatic N) is 2. The maximum absolute atomic E-state index is 14.0. The fourth-order valence-corrected chi connectivity index (χ4v) is 2.29. The second-order valence-corrected chi connectivity index (χ2v) is 4.67. The number of nitrogen functional groups attached to an aromatic ring is 1. The van der Waals surface area contributed by atoms with E-state index in [1.54, 1.807) is 24.4 Å². The lowest BCUT2D eigenvalue weighted by atomic mass is 10.0. The van der Waals surface area contributed by atoms with E-state index < -0.39 is 0 Å². The van der Waals surface area contributed by atoms with Crippen molar-refractivity contribution in [1.82, 2.24) is 9.97 Å². The van der Waals surface area contributed by atoms with Crippen molar-refractivity contribution in [1.29, 1.82) is 0 Å². The highest BCUT2D eigenvalue weighted by Gasteiger charge is 2.13. The van der Waals surface area contributed by atoms with Crippen LogP contribution in [0.5, 0.6) is 5.75 Å². The Labute approximate surface area is 121 Å². The van der Waals surface area contributed by atoms with Gasteiger partial charge in [-0.15, -0.1) is 0 Å². The molecule has 0 aliphatic rings. The number of benzene rings is 1. The maximum atomic E-state index is 14.0. The zero-order valence-corrected chi connectivity index (χ0v) is 11.5. The average Bonchev–Trinajstić information content (AvgIpc) is 2.49. The van der Waals surface area contributed by atoms with Crippen molar-refractivity contribution in [2.75, 3.05) is 12.8 Å². The summed E-state index contributed by atoms with van der Waals surface area (Å²) in [5.74, 6) is 0.547. The molecule has 2 aromatic heterocycles. The Balaban J connectivity index is 2.08. The number of fused-ring (bicyclic) bond motifs is 1. The number of aromatic nitrogens is 2. The molecular formula is C16H14FN3O. The van der Waals surface area contributed by atoms with E-state index in [9.17, 15) is 4.39 Å². The summed E-state index contributed by atoms with van der Waals surface area (Å²) in [6.07, 6.45) is 1.99. The number of hydrogen-bond donors (Lipinski definition) is 1. The van der Waals surface area contributed by atoms with E-state index in [1.807, 2.05) is 12.1 Å². The molecule has 4 nitrogen and oxygen atoms in total. The largest absolute Gasteiger partial charge is 0.496 e. The van der Waals surface area contributed by atoms with Crippen LogP contribution < -0.4 is 10.5 Å². The van der Waals surface area contributed by atoms with Gasteiger partial charge in [0.05, 0.1) is 18.1 Å². The van der Waals surface area contributed by atoms with Crippen molar-refractivity contribution < 1.29 is 9.13 Å². The highest BCUT2D eigenvalue weighted by Crippen LogP contribution is 2.27. The van der Waals surface area contributed by atoms with Crippen LogP contribution >= 0.6 is 0 Å². The molecule has 0 amide bonds. The smallest absolute Gasteiger partial charge is 0.130 e. The van der Waals surface area contributed by atoms with Gasteiger partial charge in [-0.25, -0.2) is 9.37 Å². The number of halogens is 1. The third-order valence-electron chi connectivity index (χ3n) is 3.36. The molecule has 0 saturated carbocycles. The van der Waals surface area contributed by atoms with E-state index in [1.165, 1.54) is 13.2 Å². The van der Waals surface area contributed by atoms with Crippen LogP contribution in [0.3, 0.4) is 0 Å². The Morgan fingerprint density at radius 1 is 1.19 bits per heavy atom. The van der Waals surface area contributed by atoms with Crippen molar-refractivity contribution >= 4 is 16.9 Å². The molecule has 5 heteroatoms. The molecule has 0 spiro atoms. The number of ether oxygens (including phenoxy) is 1. The third kappa shape index (κ3) is 2.50. The zero-order chi connectivity index (χ0) is 14.8. The normalized spacial score (nSPS) is 10.8. The summed E-state index contributed by atoms with van der Waals surface area (Å²) in [5, 5.41) is 0. The first-order valence-corrected chi connectivity index (χ1v) is 6.50. The Hall–Kier alpha value is -2.69. The molecular weight excluding hydrogens is 269 g/mol. The Bertz CT molecular complexity index is 805. The van der Waals surface area contributed by atoms with Gasteiger partial charge in [-0.05, 0) is 30.3 Å². The first-order valence-electron chi connectivity index (χ1n) is 6.50. The minimum atomic E-state index is -0.324. The number of nitrogens with two attached hydrogens (primary N) is 1. The minimum absolute atomic E-state index is 0.307. The molecule has 2 heterocycles. The van der Waals surface area contributed by atoms with Crippen LogP contribution in [0.1, 0.15) is 11.1 Å². The standard InChI is InChI=1S/C16H14FN3O/c1-21-15-6-2-4-12(17)11(15)8-10-9-14-13(20-16(10)18)5-3-7-19-14/h2-7,9H,8H2,1H3,(H2,18,20). The lowest BCUT2D eigenvalue weighted by Crippen LogP contribution is -2.03. The molecule has 0 unspecified atom stereocenters. The van der Waals surface area contributed by atoms with Gasteiger partial charge in [0, 0.05) is 23.7 Å². The van der Waals surface area contributed by atoms with Crippen molar-refractivity contribution in [2.24, 2.45) is 0 Å². The molecule has 1 aromatic carbocycles. The van der Waals surface area contributed by atoms with Gasteiger partial charge in [0.25, 0.3) is 0 Å². The van der Waals surface area contributed by atoms with Crippen molar-refractivity contribution in [3.8, 4) is 5.75 Å². The lowest BCUT2D eigenvalue weighted by molar-refractivity contribution is 0.405. The maximum Gasteiger partial charge on any atom is 0.130 e. The van der Waals surface area contributed by atoms with Crippen LogP contribution in [0.15, 0.2) is 42.6 Å². The van der Waals surface area contributed by atoms with Crippen LogP contribution in [0.2, 0.25) is 0 Å². The minimum Gasteiger partial charge on any atom is -0.496 e. The number of methoxy groups -OCH3 is 1. The Morgan fingerprint density at radius 2 is 2.05 bits per heavy atom. The van der Waals surface area contributed by atoms with Gasteiger partial charge in [-0.3, -0.25) is 4.98 Å². The highest BCUT2D eigenvalue weighted by atomic mass is 19.1. The van der Waals surface area contributed by atoms with E-state index in [0.717, 1.165) is 16.6 Å². The molecule has 0 fully saturated rings. The van der Waals surface area contributed by atoms with E-state index in [-0.39, 0.29) is 5.82 Å². The van der Waals surface area contributed by atoms with Gasteiger partial charge in [-0.2, -0.15) is 0 Å². The quantitative estimate of drug-likeness (QED) is 0.802. The number of hydrogen-bond acceptors (Lipinski definition) is 4. The van der Waals surface area contributed by atoms with Crippen LogP contribution in [-0.4, -0.2) is 17.1 Å². The third-order valence-corrected chi connectivity index (χ3v) is 3.36. The van der Waals surface area contributed by atoms with Crippen LogP contribution in [0.25, 0.3) is 11.0 Å². The molecule has 0 aliphatic heterocycles. The Kier molecular flexibility index (Phi) is 3.39. The fourth-order valence-electron chi connectivity index (χ4n) is 2.29. The summed E-state index contributed by atoms with van der Waals surface area (Å²) in [7, 11) is 1.52. The lowest BCUT2D eigenvalue weighted by Gasteiger charge is -2.11. The number of pyridine rings is 2. The van der Waals surface area contributed by atoms with E-state index >= 15 is 0 Å². The SMILES string of the molecule is COc1cccc(F)c1Cc1cc2ncccc2nc1N. The molecule has 106 valence electrons. The van der Waals surface area contributed by atoms with Crippen molar-refractivity contribution in [3.63, 3.8) is 0 Å². The summed E-state index contributed by atoms with van der Waals surface area (Å²) in [4.78, 5) is 8.56. The first-order chi connectivity index (χ1) is 10.2. The van der Waals surface area contributed by atoms with Crippen molar-refractivity contribution in [2.45, 2.75) is 6.42 Å². The van der Waals surface area contributed by atoms with E-state index in [0.29, 0.717) is 23.6 Å². The molecule has 0 aliphatic carbocycles. The number of rotatable bonds is 3. The molecule has 0 radical (unpaired) electrons. The predicted molar refractivity (Wildman–Crippen MR) is 79.7 cm³/mol. The van der Waals surface area contributed by atoms with Gasteiger partial charge in [0.2, 0.25) is 0 Å². The van der Waals surface area contributed by atoms with Crippen LogP contribution in [0, 0.1) is 5.82 Å². The molecule has 3 aromatic rings. The molecule has 0 bridgehead atoms. The highest BCUT2D eigenvalue weighted by molar-refractivity contribution is 5.77. The topological polar surface area (TPSA) is 61.0 Å². The van der Waals surface area contributed by atoms with E-state index in [2.05, 4.69) is 9.97 Å². The fraction of sp³-hybridized carbons (Fsp3) is 0.125. The molecule has 0 atom stereocenters. The van der Waals surface area contributed by atoms with Gasteiger partial charge in [0.15, 0.2) is 0 Å². The predicted octanol–water partition coefficient (Wildman–Crippen LogP) is 2.95. The molecule has 0 saturated heterocycles. The van der Waals surface area contributed by atoms with Crippen molar-refractivity contribution in [3.05, 3.63) is 59.5 Å². The van der Waals surface area contributed by atoms with Crippen LogP contribution in [-0.2, 0) is 6.42 Å². The van der Waals surface area contributed by atoms with Crippen LogP contribution in [0.4, 0.5) is 10.2 Å². The Morgan fingerprint density at radius 3 is 2.86 bits per heavy atom. The monoisotopic (exact) mass is 283 g/mol. The molecule has 2 N–H and O–H groups in total. The second kappa shape index (κ2) is 5.36. The zero-order valence-electron chi connectivity index (χ0n) is 11.5. The van der Waals surface area contributed by atoms with Gasteiger partial charge >= 0.3 is 0 Å². The summed E-state index contributed by atoms with van der Waals surface area (Å²) in [6.45, 7) is 0. The summed E-state index contributed by atoms with van der Waals surface area (Å²) >= 11 is 0. The number of anilines is 1. The first kappa shape index (κ1) is 13.3. The molecule has 3 rings (SSSR count). The summed E-state index contributed by atoms with van der Waals surface area (Å²) < 4.78 is 19.2. The van der Waals surface area contributed by atoms with Gasteiger partial charge in [0.1, 0.15) is 17.4 Å². The average molecular weight is 283 g/mol. The van der Waals surface area contributed by atoms with E-state index in [4.69, 9.17) is 10.5 Å². The van der Waals surface area contributed by atoms with Gasteiger partial charge in [-0.1, -0.05) is 6.07 Å². The second-order valence-electron chi connectivity index (χ2n) is 4.67. The molecule has 21 heavy (non-hydrogen) atoms. The van der Waals surface area contributed by atoms with Gasteiger partial charge < -0.3 is 10.5 Å². The summed E-state index contributed by atoms with van der Waals surface area (Å²) in [6, 6.07) is 10.2.